The minimum Gasteiger partial charge on any atom is -0.339 e. The van der Waals surface area contributed by atoms with E-state index in [1.807, 2.05) is 24.3 Å². The number of anilines is 4. The van der Waals surface area contributed by atoms with Crippen LogP contribution in [0.5, 0.6) is 0 Å². The zero-order valence-corrected chi connectivity index (χ0v) is 18.1. The predicted molar refractivity (Wildman–Crippen MR) is 121 cm³/mol. The van der Waals surface area contributed by atoms with Gasteiger partial charge in [0, 0.05) is 23.1 Å². The lowest BCUT2D eigenvalue weighted by Gasteiger charge is -2.17. The molecule has 28 heavy (non-hydrogen) atoms. The van der Waals surface area contributed by atoms with Crippen LogP contribution < -0.4 is 10.6 Å². The van der Waals surface area contributed by atoms with Gasteiger partial charge in [0.15, 0.2) is 0 Å². The van der Waals surface area contributed by atoms with Gasteiger partial charge in [0.2, 0.25) is 5.95 Å². The fraction of sp³-hybridized carbons (Fsp3) is 0.217. The SMILES string of the molecule is C#Cc1ccc(Nc2ncc(Br)c(Nc3c(C)cc(C(C)C)cc3C)n2)cc1. The van der Waals surface area contributed by atoms with Crippen LogP contribution in [0.25, 0.3) is 0 Å². The Kier molecular flexibility index (Phi) is 6.01. The maximum atomic E-state index is 5.40. The maximum Gasteiger partial charge on any atom is 0.229 e. The lowest BCUT2D eigenvalue weighted by molar-refractivity contribution is 0.863. The van der Waals surface area contributed by atoms with E-state index in [0.29, 0.717) is 17.7 Å². The highest BCUT2D eigenvalue weighted by Crippen LogP contribution is 2.31. The van der Waals surface area contributed by atoms with E-state index in [9.17, 15) is 0 Å². The van der Waals surface area contributed by atoms with E-state index in [4.69, 9.17) is 6.42 Å². The van der Waals surface area contributed by atoms with E-state index in [0.717, 1.165) is 21.4 Å². The zero-order chi connectivity index (χ0) is 20.3. The zero-order valence-electron chi connectivity index (χ0n) is 16.5. The van der Waals surface area contributed by atoms with Crippen LogP contribution in [0.4, 0.5) is 23.1 Å². The number of benzene rings is 2. The average molecular weight is 435 g/mol. The third kappa shape index (κ3) is 4.52. The molecule has 142 valence electrons. The van der Waals surface area contributed by atoms with Crippen LogP contribution in [-0.2, 0) is 0 Å². The van der Waals surface area contributed by atoms with E-state index >= 15 is 0 Å². The van der Waals surface area contributed by atoms with Crippen molar-refractivity contribution in [3.05, 3.63) is 69.3 Å². The van der Waals surface area contributed by atoms with Crippen molar-refractivity contribution in [3.8, 4) is 12.3 Å². The van der Waals surface area contributed by atoms with E-state index in [1.165, 1.54) is 16.7 Å². The molecular formula is C23H23BrN4. The van der Waals surface area contributed by atoms with Gasteiger partial charge in [-0.25, -0.2) is 4.98 Å². The van der Waals surface area contributed by atoms with Gasteiger partial charge < -0.3 is 10.6 Å². The van der Waals surface area contributed by atoms with Crippen LogP contribution in [0.3, 0.4) is 0 Å². The molecule has 4 nitrogen and oxygen atoms in total. The third-order valence-corrected chi connectivity index (χ3v) is 5.10. The molecule has 3 rings (SSSR count). The molecule has 0 spiro atoms. The molecule has 0 aliphatic rings. The number of nitrogens with zero attached hydrogens (tertiary/aromatic N) is 2. The number of halogens is 1. The van der Waals surface area contributed by atoms with Crippen molar-refractivity contribution in [1.29, 1.82) is 0 Å². The van der Waals surface area contributed by atoms with Crippen LogP contribution >= 0.6 is 15.9 Å². The number of hydrogen-bond acceptors (Lipinski definition) is 4. The lowest BCUT2D eigenvalue weighted by Crippen LogP contribution is -2.04. The van der Waals surface area contributed by atoms with Crippen LogP contribution in [0.1, 0.15) is 42.0 Å². The molecule has 0 fully saturated rings. The second kappa shape index (κ2) is 8.45. The van der Waals surface area contributed by atoms with Gasteiger partial charge in [-0.3, -0.25) is 0 Å². The molecule has 5 heteroatoms. The summed E-state index contributed by atoms with van der Waals surface area (Å²) in [6, 6.07) is 12.0. The molecule has 2 aromatic carbocycles. The van der Waals surface area contributed by atoms with Gasteiger partial charge in [-0.2, -0.15) is 4.98 Å². The van der Waals surface area contributed by atoms with Gasteiger partial charge in [0.1, 0.15) is 5.82 Å². The Bertz CT molecular complexity index is 1010. The summed E-state index contributed by atoms with van der Waals surface area (Å²) >= 11 is 3.54. The van der Waals surface area contributed by atoms with Crippen molar-refractivity contribution in [3.63, 3.8) is 0 Å². The molecule has 3 aromatic rings. The van der Waals surface area contributed by atoms with Gasteiger partial charge in [-0.1, -0.05) is 31.9 Å². The summed E-state index contributed by atoms with van der Waals surface area (Å²) in [5, 5.41) is 6.67. The first-order valence-electron chi connectivity index (χ1n) is 9.11. The Hall–Kier alpha value is -2.84. The van der Waals surface area contributed by atoms with Gasteiger partial charge in [0.05, 0.1) is 4.47 Å². The normalized spacial score (nSPS) is 10.6. The van der Waals surface area contributed by atoms with E-state index in [-0.39, 0.29) is 0 Å². The number of rotatable bonds is 5. The highest BCUT2D eigenvalue weighted by molar-refractivity contribution is 9.10. The minimum atomic E-state index is 0.494. The summed E-state index contributed by atoms with van der Waals surface area (Å²) in [6.45, 7) is 8.64. The van der Waals surface area contributed by atoms with Crippen LogP contribution in [0, 0.1) is 26.2 Å². The lowest BCUT2D eigenvalue weighted by atomic mass is 9.97. The smallest absolute Gasteiger partial charge is 0.229 e. The summed E-state index contributed by atoms with van der Waals surface area (Å²) < 4.78 is 0.799. The van der Waals surface area contributed by atoms with Crippen molar-refractivity contribution in [2.24, 2.45) is 0 Å². The topological polar surface area (TPSA) is 49.8 Å². The molecule has 0 amide bonds. The van der Waals surface area contributed by atoms with Crippen molar-refractivity contribution in [1.82, 2.24) is 9.97 Å². The molecule has 0 atom stereocenters. The maximum absolute atomic E-state index is 5.40. The first-order chi connectivity index (χ1) is 13.4. The predicted octanol–water partition coefficient (Wildman–Crippen LogP) is 6.45. The van der Waals surface area contributed by atoms with Crippen LogP contribution in [0.15, 0.2) is 47.1 Å². The number of aryl methyl sites for hydroxylation is 2. The van der Waals surface area contributed by atoms with Gasteiger partial charge >= 0.3 is 0 Å². The van der Waals surface area contributed by atoms with Crippen molar-refractivity contribution in [2.75, 3.05) is 10.6 Å². The Morgan fingerprint density at radius 2 is 1.68 bits per heavy atom. The van der Waals surface area contributed by atoms with E-state index < -0.39 is 0 Å². The molecule has 0 aliphatic carbocycles. The Morgan fingerprint density at radius 1 is 1.04 bits per heavy atom. The molecule has 0 unspecified atom stereocenters. The summed E-state index contributed by atoms with van der Waals surface area (Å²) in [5.74, 6) is 4.32. The fourth-order valence-corrected chi connectivity index (χ4v) is 3.23. The highest BCUT2D eigenvalue weighted by atomic mass is 79.9. The molecular weight excluding hydrogens is 412 g/mol. The standard InChI is InChI=1S/C23H23BrN4/c1-6-17-7-9-19(10-8-17)26-23-25-13-20(24)22(28-23)27-21-15(4)11-18(14(2)3)12-16(21)5/h1,7-14H,2-5H3,(H2,25,26,27,28). The second-order valence-electron chi connectivity index (χ2n) is 7.05. The van der Waals surface area contributed by atoms with Crippen LogP contribution in [0.2, 0.25) is 0 Å². The number of terminal acetylenes is 1. The summed E-state index contributed by atoms with van der Waals surface area (Å²) in [5.41, 5.74) is 6.48. The van der Waals surface area contributed by atoms with Crippen molar-refractivity contribution >= 4 is 39.1 Å². The minimum absolute atomic E-state index is 0.494. The third-order valence-electron chi connectivity index (χ3n) is 4.52. The van der Waals surface area contributed by atoms with Crippen LogP contribution in [-0.4, -0.2) is 9.97 Å². The molecule has 1 heterocycles. The van der Waals surface area contributed by atoms with Crippen molar-refractivity contribution < 1.29 is 0 Å². The quantitative estimate of drug-likeness (QED) is 0.453. The molecule has 0 bridgehead atoms. The Labute approximate surface area is 175 Å². The van der Waals surface area contributed by atoms with Crippen molar-refractivity contribution in [2.45, 2.75) is 33.6 Å². The Balaban J connectivity index is 1.87. The molecule has 2 N–H and O–H groups in total. The molecule has 0 aliphatic heterocycles. The number of nitrogens with one attached hydrogen (secondary N) is 2. The summed E-state index contributed by atoms with van der Waals surface area (Å²) in [6.07, 6.45) is 7.14. The largest absolute Gasteiger partial charge is 0.339 e. The molecule has 0 saturated carbocycles. The Morgan fingerprint density at radius 3 is 2.25 bits per heavy atom. The van der Waals surface area contributed by atoms with Gasteiger partial charge in [-0.05, 0) is 76.7 Å². The number of aromatic nitrogens is 2. The van der Waals surface area contributed by atoms with Gasteiger partial charge in [-0.15, -0.1) is 6.42 Å². The fourth-order valence-electron chi connectivity index (χ4n) is 2.94. The first-order valence-corrected chi connectivity index (χ1v) is 9.91. The van der Waals surface area contributed by atoms with E-state index in [1.54, 1.807) is 6.20 Å². The summed E-state index contributed by atoms with van der Waals surface area (Å²) in [7, 11) is 0. The molecule has 0 saturated heterocycles. The highest BCUT2D eigenvalue weighted by Gasteiger charge is 2.11. The average Bonchev–Trinajstić information content (AvgIpc) is 2.67. The first kappa shape index (κ1) is 19.9. The second-order valence-corrected chi connectivity index (χ2v) is 7.90. The van der Waals surface area contributed by atoms with E-state index in [2.05, 4.69) is 82.3 Å². The molecule has 0 radical (unpaired) electrons. The number of hydrogen-bond donors (Lipinski definition) is 2. The molecule has 1 aromatic heterocycles. The monoisotopic (exact) mass is 434 g/mol. The summed E-state index contributed by atoms with van der Waals surface area (Å²) in [4.78, 5) is 8.98. The van der Waals surface area contributed by atoms with Gasteiger partial charge in [0.25, 0.3) is 0 Å².